The van der Waals surface area contributed by atoms with Crippen LogP contribution >= 0.6 is 0 Å². The number of carboxylic acid groups (broad SMARTS) is 1. The predicted molar refractivity (Wildman–Crippen MR) is 85.6 cm³/mol. The van der Waals surface area contributed by atoms with Gasteiger partial charge in [0.25, 0.3) is 0 Å². The van der Waals surface area contributed by atoms with E-state index in [9.17, 15) is 19.4 Å². The minimum Gasteiger partial charge on any atom is -0.481 e. The first kappa shape index (κ1) is 15.7. The zero-order chi connectivity index (χ0) is 16.8. The minimum absolute atomic E-state index is 0.404. The average molecular weight is 314 g/mol. The number of hydrogen-bond donors (Lipinski definition) is 2. The van der Waals surface area contributed by atoms with Crippen molar-refractivity contribution in [1.29, 1.82) is 0 Å². The number of carboxylic acids is 1. The van der Waals surface area contributed by atoms with Crippen molar-refractivity contribution < 1.29 is 19.4 Å². The van der Waals surface area contributed by atoms with E-state index in [1.54, 1.807) is 50.2 Å². The Bertz CT molecular complexity index is 770. The van der Waals surface area contributed by atoms with E-state index in [1.165, 1.54) is 6.07 Å². The molecule has 23 heavy (non-hydrogen) atoms. The molecule has 4 heteroatoms. The lowest BCUT2D eigenvalue weighted by Gasteiger charge is -2.19. The number of aliphatic carboxylic acids is 1. The molecule has 2 N–H and O–H groups in total. The lowest BCUT2D eigenvalue weighted by Crippen LogP contribution is -2.19. The van der Waals surface area contributed by atoms with Crippen LogP contribution in [0.15, 0.2) is 42.5 Å². The van der Waals surface area contributed by atoms with Crippen LogP contribution in [0.3, 0.4) is 0 Å². The maximum Gasteiger partial charge on any atom is 0.314 e. The van der Waals surface area contributed by atoms with E-state index in [2.05, 4.69) is 0 Å². The maximum atomic E-state index is 14.4. The molecule has 0 radical (unpaired) electrons. The maximum absolute atomic E-state index is 14.4. The largest absolute Gasteiger partial charge is 0.481 e. The van der Waals surface area contributed by atoms with Gasteiger partial charge < -0.3 is 10.2 Å². The van der Waals surface area contributed by atoms with Crippen molar-refractivity contribution in [3.63, 3.8) is 0 Å². The minimum atomic E-state index is -1.11. The summed E-state index contributed by atoms with van der Waals surface area (Å²) in [5.41, 5.74) is 0.352. The fourth-order valence-electron chi connectivity index (χ4n) is 2.87. The van der Waals surface area contributed by atoms with Crippen LogP contribution in [-0.4, -0.2) is 16.2 Å². The van der Waals surface area contributed by atoms with Gasteiger partial charge in [-0.25, -0.2) is 4.39 Å². The van der Waals surface area contributed by atoms with Gasteiger partial charge in [0.05, 0.1) is 11.0 Å². The Kier molecular flexibility index (Phi) is 3.52. The highest BCUT2D eigenvalue weighted by molar-refractivity contribution is 5.85. The Morgan fingerprint density at radius 2 is 1.87 bits per heavy atom. The third-order valence-corrected chi connectivity index (χ3v) is 4.56. The molecule has 0 bridgehead atoms. The summed E-state index contributed by atoms with van der Waals surface area (Å²) in [6.07, 6.45) is 1.23. The summed E-state index contributed by atoms with van der Waals surface area (Å²) < 4.78 is 14.4. The quantitative estimate of drug-likeness (QED) is 0.901. The van der Waals surface area contributed by atoms with E-state index < -0.39 is 22.8 Å². The molecule has 0 amide bonds. The standard InChI is InChI=1S/C19H19FO3/c1-18(2,23)13-6-7-15(16(20)11-13)12-4-3-5-14(10-12)19(8-9-19)17(21)22/h3-7,10-11,23H,8-9H2,1-2H3,(H,21,22). The van der Waals surface area contributed by atoms with Crippen LogP contribution in [0.1, 0.15) is 37.8 Å². The van der Waals surface area contributed by atoms with Gasteiger partial charge in [-0.15, -0.1) is 0 Å². The molecule has 0 heterocycles. The Morgan fingerprint density at radius 3 is 2.39 bits per heavy atom. The fourth-order valence-corrected chi connectivity index (χ4v) is 2.87. The van der Waals surface area contributed by atoms with E-state index in [0.717, 1.165) is 0 Å². The predicted octanol–water partition coefficient (Wildman–Crippen LogP) is 3.84. The second kappa shape index (κ2) is 5.17. The average Bonchev–Trinajstić information content (AvgIpc) is 3.28. The van der Waals surface area contributed by atoms with E-state index in [4.69, 9.17) is 0 Å². The SMILES string of the molecule is CC(C)(O)c1ccc(-c2cccc(C3(C(=O)O)CC3)c2)c(F)c1. The number of aliphatic hydroxyl groups is 1. The number of rotatable bonds is 4. The smallest absolute Gasteiger partial charge is 0.314 e. The molecular weight excluding hydrogens is 295 g/mol. The summed E-state index contributed by atoms with van der Waals surface area (Å²) in [5, 5.41) is 19.4. The van der Waals surface area contributed by atoms with E-state index in [-0.39, 0.29) is 0 Å². The molecule has 0 aromatic heterocycles. The van der Waals surface area contributed by atoms with Crippen LogP contribution in [0.25, 0.3) is 11.1 Å². The van der Waals surface area contributed by atoms with Crippen LogP contribution in [0, 0.1) is 5.82 Å². The third-order valence-electron chi connectivity index (χ3n) is 4.56. The Labute approximate surface area is 134 Å². The van der Waals surface area contributed by atoms with Gasteiger partial charge >= 0.3 is 5.97 Å². The zero-order valence-electron chi connectivity index (χ0n) is 13.1. The highest BCUT2D eigenvalue weighted by Gasteiger charge is 2.51. The summed E-state index contributed by atoms with van der Waals surface area (Å²) in [7, 11) is 0. The second-order valence-corrected chi connectivity index (χ2v) is 6.72. The molecule has 1 saturated carbocycles. The molecule has 3 rings (SSSR count). The molecule has 1 aliphatic carbocycles. The first-order valence-electron chi connectivity index (χ1n) is 7.61. The summed E-state index contributed by atoms with van der Waals surface area (Å²) in [5.74, 6) is -1.26. The molecule has 1 aliphatic rings. The van der Waals surface area contributed by atoms with Gasteiger partial charge in [-0.2, -0.15) is 0 Å². The van der Waals surface area contributed by atoms with Crippen molar-refractivity contribution in [2.45, 2.75) is 37.7 Å². The highest BCUT2D eigenvalue weighted by atomic mass is 19.1. The van der Waals surface area contributed by atoms with Crippen LogP contribution in [0.4, 0.5) is 4.39 Å². The number of benzene rings is 2. The molecule has 0 spiro atoms. The van der Waals surface area contributed by atoms with Gasteiger partial charge in [0.2, 0.25) is 0 Å². The number of halogens is 1. The fraction of sp³-hybridized carbons (Fsp3) is 0.316. The summed E-state index contributed by atoms with van der Waals surface area (Å²) >= 11 is 0. The number of carbonyl (C=O) groups is 1. The van der Waals surface area contributed by atoms with E-state index in [0.29, 0.717) is 35.1 Å². The van der Waals surface area contributed by atoms with Gasteiger partial charge in [0.1, 0.15) is 5.82 Å². The molecule has 0 atom stereocenters. The van der Waals surface area contributed by atoms with Gasteiger partial charge in [-0.05, 0) is 55.5 Å². The lowest BCUT2D eigenvalue weighted by molar-refractivity contribution is -0.140. The Hall–Kier alpha value is -2.20. The van der Waals surface area contributed by atoms with Crippen molar-refractivity contribution in [1.82, 2.24) is 0 Å². The topological polar surface area (TPSA) is 57.5 Å². The zero-order valence-corrected chi connectivity index (χ0v) is 13.1. The first-order valence-corrected chi connectivity index (χ1v) is 7.61. The van der Waals surface area contributed by atoms with E-state index in [1.807, 2.05) is 0 Å². The first-order chi connectivity index (χ1) is 10.7. The molecule has 0 aliphatic heterocycles. The van der Waals surface area contributed by atoms with Gasteiger partial charge in [0, 0.05) is 5.56 Å². The monoisotopic (exact) mass is 314 g/mol. The van der Waals surface area contributed by atoms with Gasteiger partial charge in [-0.3, -0.25) is 4.79 Å². The molecule has 1 fully saturated rings. The Balaban J connectivity index is 2.02. The molecule has 0 unspecified atom stereocenters. The number of hydrogen-bond acceptors (Lipinski definition) is 2. The van der Waals surface area contributed by atoms with Crippen LogP contribution in [-0.2, 0) is 15.8 Å². The highest BCUT2D eigenvalue weighted by Crippen LogP contribution is 2.49. The third kappa shape index (κ3) is 2.75. The molecule has 2 aromatic rings. The molecule has 2 aromatic carbocycles. The molecular formula is C19H19FO3. The molecule has 0 saturated heterocycles. The summed E-state index contributed by atoms with van der Waals surface area (Å²) in [4.78, 5) is 11.5. The van der Waals surface area contributed by atoms with Crippen molar-refractivity contribution in [3.8, 4) is 11.1 Å². The van der Waals surface area contributed by atoms with Crippen LogP contribution in [0.5, 0.6) is 0 Å². The van der Waals surface area contributed by atoms with Crippen molar-refractivity contribution in [2.75, 3.05) is 0 Å². The van der Waals surface area contributed by atoms with Crippen molar-refractivity contribution >= 4 is 5.97 Å². The molecule has 3 nitrogen and oxygen atoms in total. The lowest BCUT2D eigenvalue weighted by atomic mass is 9.91. The van der Waals surface area contributed by atoms with Crippen molar-refractivity contribution in [2.24, 2.45) is 0 Å². The van der Waals surface area contributed by atoms with Gasteiger partial charge in [0.15, 0.2) is 0 Å². The van der Waals surface area contributed by atoms with Crippen LogP contribution in [0.2, 0.25) is 0 Å². The van der Waals surface area contributed by atoms with E-state index >= 15 is 0 Å². The normalized spacial score (nSPS) is 16.2. The second-order valence-electron chi connectivity index (χ2n) is 6.72. The van der Waals surface area contributed by atoms with Crippen molar-refractivity contribution in [3.05, 3.63) is 59.4 Å². The summed E-state index contributed by atoms with van der Waals surface area (Å²) in [6, 6.07) is 11.7. The molecule has 120 valence electrons. The van der Waals surface area contributed by atoms with Crippen LogP contribution < -0.4 is 0 Å². The van der Waals surface area contributed by atoms with Gasteiger partial charge in [-0.1, -0.05) is 30.3 Å². The Morgan fingerprint density at radius 1 is 1.17 bits per heavy atom. The summed E-state index contributed by atoms with van der Waals surface area (Å²) in [6.45, 7) is 3.21.